The minimum Gasteiger partial charge on any atom is -0.372 e. The molecule has 178 valence electrons. The van der Waals surface area contributed by atoms with E-state index < -0.39 is 0 Å². The number of nitrogens with one attached hydrogen (secondary N) is 1. The van der Waals surface area contributed by atoms with Crippen LogP contribution in [0.1, 0.15) is 47.6 Å². The van der Waals surface area contributed by atoms with Gasteiger partial charge in [0, 0.05) is 30.9 Å². The summed E-state index contributed by atoms with van der Waals surface area (Å²) in [5.74, 6) is -1.04. The van der Waals surface area contributed by atoms with Crippen LogP contribution in [0.2, 0.25) is 0 Å². The average Bonchev–Trinajstić information content (AvgIpc) is 3.40. The number of nitrogens with zero attached hydrogens (tertiary/aromatic N) is 3. The van der Waals surface area contributed by atoms with Gasteiger partial charge in [0.25, 0.3) is 5.91 Å². The van der Waals surface area contributed by atoms with E-state index in [9.17, 15) is 13.6 Å². The summed E-state index contributed by atoms with van der Waals surface area (Å²) in [6.45, 7) is 5.40. The SMILES string of the molecule is CC1CN(c2ccc(CNC(=O)c3nn(-c4ccccc4F)c4c3CCC4)cc2F)CC(C)O1. The fourth-order valence-electron chi connectivity index (χ4n) is 5.00. The zero-order valence-corrected chi connectivity index (χ0v) is 19.4. The maximum Gasteiger partial charge on any atom is 0.272 e. The van der Waals surface area contributed by atoms with Crippen LogP contribution in [0.15, 0.2) is 42.5 Å². The molecule has 1 saturated heterocycles. The van der Waals surface area contributed by atoms with Crippen LogP contribution in [-0.2, 0) is 24.1 Å². The Kier molecular flexibility index (Phi) is 6.08. The number of amides is 1. The molecule has 2 heterocycles. The number of morpholine rings is 1. The Hall–Kier alpha value is -3.26. The number of fused-ring (bicyclic) bond motifs is 1. The van der Waals surface area contributed by atoms with Crippen molar-refractivity contribution in [1.82, 2.24) is 15.1 Å². The first kappa shape index (κ1) is 22.5. The molecule has 0 spiro atoms. The molecule has 1 amide bonds. The fraction of sp³-hybridized carbons (Fsp3) is 0.385. The lowest BCUT2D eigenvalue weighted by Crippen LogP contribution is -2.45. The molecule has 1 fully saturated rings. The van der Waals surface area contributed by atoms with E-state index in [-0.39, 0.29) is 36.3 Å². The molecule has 0 bridgehead atoms. The molecule has 3 aromatic rings. The van der Waals surface area contributed by atoms with E-state index in [0.717, 1.165) is 30.5 Å². The highest BCUT2D eigenvalue weighted by Gasteiger charge is 2.28. The van der Waals surface area contributed by atoms with Crippen LogP contribution >= 0.6 is 0 Å². The van der Waals surface area contributed by atoms with E-state index >= 15 is 0 Å². The Morgan fingerprint density at radius 2 is 1.82 bits per heavy atom. The van der Waals surface area contributed by atoms with E-state index in [1.807, 2.05) is 24.8 Å². The highest BCUT2D eigenvalue weighted by molar-refractivity contribution is 5.94. The van der Waals surface area contributed by atoms with Crippen molar-refractivity contribution in [2.45, 2.75) is 51.9 Å². The molecule has 0 saturated carbocycles. The number of hydrogen-bond acceptors (Lipinski definition) is 4. The molecule has 2 atom stereocenters. The summed E-state index contributed by atoms with van der Waals surface area (Å²) in [4.78, 5) is 15.0. The molecule has 1 aliphatic heterocycles. The van der Waals surface area contributed by atoms with Crippen molar-refractivity contribution in [1.29, 1.82) is 0 Å². The van der Waals surface area contributed by atoms with Gasteiger partial charge in [-0.1, -0.05) is 18.2 Å². The maximum atomic E-state index is 14.9. The zero-order chi connectivity index (χ0) is 23.8. The van der Waals surface area contributed by atoms with Crippen molar-refractivity contribution >= 4 is 11.6 Å². The molecule has 8 heteroatoms. The molecule has 0 radical (unpaired) electrons. The van der Waals surface area contributed by atoms with Crippen LogP contribution in [0.5, 0.6) is 0 Å². The minimum atomic E-state index is -0.383. The summed E-state index contributed by atoms with van der Waals surface area (Å²) in [6, 6.07) is 11.5. The quantitative estimate of drug-likeness (QED) is 0.613. The molecular formula is C26H28F2N4O2. The molecule has 1 aromatic heterocycles. The van der Waals surface area contributed by atoms with Gasteiger partial charge in [0.2, 0.25) is 0 Å². The fourth-order valence-corrected chi connectivity index (χ4v) is 5.00. The second-order valence-electron chi connectivity index (χ2n) is 9.12. The topological polar surface area (TPSA) is 59.4 Å². The van der Waals surface area contributed by atoms with Crippen LogP contribution in [0.4, 0.5) is 14.5 Å². The lowest BCUT2D eigenvalue weighted by atomic mass is 10.1. The highest BCUT2D eigenvalue weighted by atomic mass is 19.1. The predicted octanol–water partition coefficient (Wildman–Crippen LogP) is 4.18. The average molecular weight is 467 g/mol. The second kappa shape index (κ2) is 9.18. The zero-order valence-electron chi connectivity index (χ0n) is 19.4. The van der Waals surface area contributed by atoms with Crippen LogP contribution < -0.4 is 10.2 Å². The van der Waals surface area contributed by atoms with Gasteiger partial charge in [-0.05, 0) is 62.9 Å². The van der Waals surface area contributed by atoms with Crippen molar-refractivity contribution in [2.24, 2.45) is 0 Å². The van der Waals surface area contributed by atoms with Crippen molar-refractivity contribution in [3.63, 3.8) is 0 Å². The number of ether oxygens (including phenoxy) is 1. The van der Waals surface area contributed by atoms with Crippen LogP contribution in [0, 0.1) is 11.6 Å². The number of halogens is 2. The predicted molar refractivity (Wildman–Crippen MR) is 125 cm³/mol. The van der Waals surface area contributed by atoms with Gasteiger partial charge in [0.1, 0.15) is 17.3 Å². The molecule has 34 heavy (non-hydrogen) atoms. The van der Waals surface area contributed by atoms with Gasteiger partial charge in [-0.25, -0.2) is 13.5 Å². The summed E-state index contributed by atoms with van der Waals surface area (Å²) in [5.41, 5.74) is 3.58. The Balaban J connectivity index is 1.31. The number of anilines is 1. The van der Waals surface area contributed by atoms with E-state index in [4.69, 9.17) is 4.74 Å². The third-order valence-corrected chi connectivity index (χ3v) is 6.45. The van der Waals surface area contributed by atoms with Gasteiger partial charge >= 0.3 is 0 Å². The maximum absolute atomic E-state index is 14.9. The molecule has 2 aliphatic rings. The highest BCUT2D eigenvalue weighted by Crippen LogP contribution is 2.29. The number of rotatable bonds is 5. The van der Waals surface area contributed by atoms with Crippen molar-refractivity contribution in [2.75, 3.05) is 18.0 Å². The third-order valence-electron chi connectivity index (χ3n) is 6.45. The number of carbonyl (C=O) groups is 1. The number of aromatic nitrogens is 2. The first-order valence-corrected chi connectivity index (χ1v) is 11.7. The normalized spacial score (nSPS) is 19.8. The summed E-state index contributed by atoms with van der Waals surface area (Å²) in [6.07, 6.45) is 2.44. The Morgan fingerprint density at radius 1 is 1.06 bits per heavy atom. The Labute approximate surface area is 197 Å². The van der Waals surface area contributed by atoms with Gasteiger partial charge in [-0.3, -0.25) is 4.79 Å². The number of benzene rings is 2. The van der Waals surface area contributed by atoms with Gasteiger partial charge in [0.05, 0.1) is 17.9 Å². The monoisotopic (exact) mass is 466 g/mol. The first-order chi connectivity index (χ1) is 16.4. The van der Waals surface area contributed by atoms with Gasteiger partial charge in [0.15, 0.2) is 5.69 Å². The Morgan fingerprint density at radius 3 is 2.56 bits per heavy atom. The van der Waals surface area contributed by atoms with Gasteiger partial charge < -0.3 is 15.0 Å². The summed E-state index contributed by atoms with van der Waals surface area (Å²) in [5, 5.41) is 7.31. The molecule has 6 nitrogen and oxygen atoms in total. The van der Waals surface area contributed by atoms with Crippen molar-refractivity contribution in [3.8, 4) is 5.69 Å². The van der Waals surface area contributed by atoms with Gasteiger partial charge in [-0.15, -0.1) is 0 Å². The third kappa shape index (κ3) is 4.30. The minimum absolute atomic E-state index is 0.0352. The largest absolute Gasteiger partial charge is 0.372 e. The lowest BCUT2D eigenvalue weighted by Gasteiger charge is -2.37. The van der Waals surface area contributed by atoms with Crippen LogP contribution in [-0.4, -0.2) is 41.0 Å². The number of para-hydroxylation sites is 1. The van der Waals surface area contributed by atoms with E-state index in [1.54, 1.807) is 28.9 Å². The summed E-state index contributed by atoms with van der Waals surface area (Å²) in [7, 11) is 0. The molecule has 5 rings (SSSR count). The van der Waals surface area contributed by atoms with E-state index in [0.29, 0.717) is 35.7 Å². The number of hydrogen-bond donors (Lipinski definition) is 1. The molecule has 2 aromatic carbocycles. The summed E-state index contributed by atoms with van der Waals surface area (Å²) >= 11 is 0. The smallest absolute Gasteiger partial charge is 0.272 e. The van der Waals surface area contributed by atoms with Crippen molar-refractivity contribution in [3.05, 3.63) is 76.6 Å². The molecule has 1 N–H and O–H groups in total. The van der Waals surface area contributed by atoms with E-state index in [2.05, 4.69) is 10.4 Å². The van der Waals surface area contributed by atoms with Crippen molar-refractivity contribution < 1.29 is 18.3 Å². The lowest BCUT2D eigenvalue weighted by molar-refractivity contribution is -0.00539. The van der Waals surface area contributed by atoms with E-state index in [1.165, 1.54) is 12.1 Å². The number of carbonyl (C=O) groups excluding carboxylic acids is 1. The summed E-state index contributed by atoms with van der Waals surface area (Å²) < 4.78 is 36.5. The van der Waals surface area contributed by atoms with Crippen LogP contribution in [0.25, 0.3) is 5.69 Å². The standard InChI is InChI=1S/C26H28F2N4O2/c1-16-14-31(15-17(2)34-16)23-11-10-18(12-21(23)28)13-29-26(33)25-19-6-5-9-22(19)32(30-25)24-8-4-3-7-20(24)27/h3-4,7-8,10-12,16-17H,5-6,9,13-15H2,1-2H3,(H,29,33). The van der Waals surface area contributed by atoms with Gasteiger partial charge in [-0.2, -0.15) is 5.10 Å². The molecule has 2 unspecified atom stereocenters. The second-order valence-corrected chi connectivity index (χ2v) is 9.12. The Bertz CT molecular complexity index is 1220. The molecule has 1 aliphatic carbocycles. The van der Waals surface area contributed by atoms with Crippen LogP contribution in [0.3, 0.4) is 0 Å². The molecular weight excluding hydrogens is 438 g/mol. The first-order valence-electron chi connectivity index (χ1n) is 11.7.